The Morgan fingerprint density at radius 2 is 2.29 bits per heavy atom. The zero-order valence-electron chi connectivity index (χ0n) is 8.30. The van der Waals surface area contributed by atoms with Crippen LogP contribution in [0.5, 0.6) is 0 Å². The quantitative estimate of drug-likeness (QED) is 0.523. The molecule has 1 aromatic carbocycles. The van der Waals surface area contributed by atoms with E-state index < -0.39 is 16.4 Å². The van der Waals surface area contributed by atoms with Crippen LogP contribution < -0.4 is 5.73 Å². The molecule has 0 atom stereocenters. The Bertz CT molecular complexity index is 585. The monoisotopic (exact) mass is 300 g/mol. The van der Waals surface area contributed by atoms with Gasteiger partial charge in [0.2, 0.25) is 0 Å². The molecule has 0 unspecified atom stereocenters. The second-order valence-corrected chi connectivity index (χ2v) is 4.02. The van der Waals surface area contributed by atoms with E-state index in [4.69, 9.17) is 5.73 Å². The van der Waals surface area contributed by atoms with Gasteiger partial charge in [-0.25, -0.2) is 9.07 Å². The van der Waals surface area contributed by atoms with Crippen molar-refractivity contribution in [1.82, 2.24) is 9.78 Å². The number of nitrogens with two attached hydrogens (primary N) is 1. The van der Waals surface area contributed by atoms with Gasteiger partial charge in [-0.3, -0.25) is 10.1 Å². The fraction of sp³-hybridized carbons (Fsp3) is 0. The molecule has 6 nitrogen and oxygen atoms in total. The predicted molar refractivity (Wildman–Crippen MR) is 62.3 cm³/mol. The second kappa shape index (κ2) is 4.13. The van der Waals surface area contributed by atoms with Crippen LogP contribution in [-0.4, -0.2) is 14.7 Å². The van der Waals surface area contributed by atoms with Crippen molar-refractivity contribution in [1.29, 1.82) is 0 Å². The molecule has 0 amide bonds. The maximum Gasteiger partial charge on any atom is 0.320 e. The number of nitrogen functional groups attached to an aromatic ring is 1. The molecule has 88 valence electrons. The number of nitro groups is 1. The van der Waals surface area contributed by atoms with Gasteiger partial charge >= 0.3 is 5.69 Å². The van der Waals surface area contributed by atoms with Crippen molar-refractivity contribution in [2.45, 2.75) is 0 Å². The van der Waals surface area contributed by atoms with Gasteiger partial charge in [-0.05, 0) is 28.1 Å². The molecule has 0 spiro atoms. The molecule has 0 fully saturated rings. The number of benzene rings is 1. The summed E-state index contributed by atoms with van der Waals surface area (Å²) < 4.78 is 15.0. The summed E-state index contributed by atoms with van der Waals surface area (Å²) in [6.07, 6.45) is 2.79. The standard InChI is InChI=1S/C9H6BrFN4O2/c10-5-4-6(12)8(15(16)17)9(7(5)11)14-3-1-2-13-14/h1-4H,12H2. The van der Waals surface area contributed by atoms with E-state index in [1.807, 2.05) is 0 Å². The zero-order chi connectivity index (χ0) is 12.6. The van der Waals surface area contributed by atoms with Crippen LogP contribution in [0.1, 0.15) is 0 Å². The van der Waals surface area contributed by atoms with Gasteiger partial charge < -0.3 is 5.73 Å². The number of aromatic nitrogens is 2. The van der Waals surface area contributed by atoms with E-state index >= 15 is 0 Å². The van der Waals surface area contributed by atoms with Crippen LogP contribution >= 0.6 is 15.9 Å². The molecule has 1 heterocycles. The third-order valence-electron chi connectivity index (χ3n) is 2.11. The summed E-state index contributed by atoms with van der Waals surface area (Å²) in [5.41, 5.74) is 4.60. The number of nitro benzene ring substituents is 1. The first-order valence-corrected chi connectivity index (χ1v) is 5.23. The van der Waals surface area contributed by atoms with Gasteiger partial charge in [-0.2, -0.15) is 5.10 Å². The van der Waals surface area contributed by atoms with Crippen molar-refractivity contribution >= 4 is 27.3 Å². The summed E-state index contributed by atoms with van der Waals surface area (Å²) in [6, 6.07) is 2.68. The van der Waals surface area contributed by atoms with Crippen LogP contribution in [0.3, 0.4) is 0 Å². The fourth-order valence-corrected chi connectivity index (χ4v) is 1.86. The van der Waals surface area contributed by atoms with Crippen LogP contribution in [0.2, 0.25) is 0 Å². The lowest BCUT2D eigenvalue weighted by molar-refractivity contribution is -0.383. The molecule has 0 aliphatic heterocycles. The molecule has 2 rings (SSSR count). The van der Waals surface area contributed by atoms with E-state index in [0.29, 0.717) is 0 Å². The number of nitrogens with zero attached hydrogens (tertiary/aromatic N) is 3. The molecule has 2 aromatic rings. The van der Waals surface area contributed by atoms with Gasteiger partial charge in [0.1, 0.15) is 5.69 Å². The minimum atomic E-state index is -0.783. The first kappa shape index (κ1) is 11.5. The Kier molecular flexibility index (Phi) is 2.80. The molecular weight excluding hydrogens is 295 g/mol. The fourth-order valence-electron chi connectivity index (χ4n) is 1.42. The summed E-state index contributed by atoms with van der Waals surface area (Å²) in [7, 11) is 0. The topological polar surface area (TPSA) is 87.0 Å². The molecule has 0 radical (unpaired) electrons. The molecule has 0 bridgehead atoms. The van der Waals surface area contributed by atoms with Crippen molar-refractivity contribution in [3.8, 4) is 5.69 Å². The maximum absolute atomic E-state index is 13.9. The Labute approximate surface area is 103 Å². The van der Waals surface area contributed by atoms with E-state index in [9.17, 15) is 14.5 Å². The minimum Gasteiger partial charge on any atom is -0.393 e. The highest BCUT2D eigenvalue weighted by Gasteiger charge is 2.26. The number of anilines is 1. The van der Waals surface area contributed by atoms with E-state index in [0.717, 1.165) is 10.7 Å². The molecule has 2 N–H and O–H groups in total. The Morgan fingerprint density at radius 3 is 2.82 bits per heavy atom. The highest BCUT2D eigenvalue weighted by atomic mass is 79.9. The second-order valence-electron chi connectivity index (χ2n) is 3.17. The van der Waals surface area contributed by atoms with Crippen molar-refractivity contribution in [3.05, 3.63) is 44.9 Å². The normalized spacial score (nSPS) is 10.5. The van der Waals surface area contributed by atoms with Gasteiger partial charge in [0.25, 0.3) is 0 Å². The van der Waals surface area contributed by atoms with Crippen LogP contribution in [0.25, 0.3) is 5.69 Å². The summed E-state index contributed by atoms with van der Waals surface area (Å²) in [4.78, 5) is 10.2. The van der Waals surface area contributed by atoms with E-state index in [1.165, 1.54) is 18.5 Å². The van der Waals surface area contributed by atoms with E-state index in [1.54, 1.807) is 0 Å². The van der Waals surface area contributed by atoms with Crippen molar-refractivity contribution in [2.75, 3.05) is 5.73 Å². The third kappa shape index (κ3) is 1.86. The van der Waals surface area contributed by atoms with Gasteiger partial charge in [0.05, 0.1) is 9.40 Å². The first-order chi connectivity index (χ1) is 8.02. The average molecular weight is 301 g/mol. The molecule has 0 saturated carbocycles. The first-order valence-electron chi connectivity index (χ1n) is 4.44. The predicted octanol–water partition coefficient (Wildman–Crippen LogP) is 2.26. The molecule has 8 heteroatoms. The Balaban J connectivity index is 2.83. The van der Waals surface area contributed by atoms with Crippen molar-refractivity contribution in [2.24, 2.45) is 0 Å². The Morgan fingerprint density at radius 1 is 1.59 bits per heavy atom. The van der Waals surface area contributed by atoms with Gasteiger partial charge in [-0.15, -0.1) is 0 Å². The molecule has 1 aromatic heterocycles. The zero-order valence-corrected chi connectivity index (χ0v) is 9.89. The third-order valence-corrected chi connectivity index (χ3v) is 2.69. The van der Waals surface area contributed by atoms with E-state index in [2.05, 4.69) is 21.0 Å². The number of halogens is 2. The van der Waals surface area contributed by atoms with Crippen LogP contribution in [0, 0.1) is 15.9 Å². The average Bonchev–Trinajstić information content (AvgIpc) is 2.75. The lowest BCUT2D eigenvalue weighted by Gasteiger charge is -2.08. The molecule has 0 aliphatic carbocycles. The van der Waals surface area contributed by atoms with Gasteiger partial charge in [0.15, 0.2) is 11.5 Å². The number of rotatable bonds is 2. The Hall–Kier alpha value is -1.96. The minimum absolute atomic E-state index is 0.0473. The summed E-state index contributed by atoms with van der Waals surface area (Å²) in [5, 5.41) is 14.7. The maximum atomic E-state index is 13.9. The van der Waals surface area contributed by atoms with Gasteiger partial charge in [-0.1, -0.05) is 0 Å². The molecule has 0 saturated heterocycles. The smallest absolute Gasteiger partial charge is 0.320 e. The highest BCUT2D eigenvalue weighted by Crippen LogP contribution is 2.35. The van der Waals surface area contributed by atoms with Crippen LogP contribution in [-0.2, 0) is 0 Å². The van der Waals surface area contributed by atoms with E-state index in [-0.39, 0.29) is 15.8 Å². The summed E-state index contributed by atoms with van der Waals surface area (Å²) in [6.45, 7) is 0. The number of hydrogen-bond acceptors (Lipinski definition) is 4. The molecular formula is C9H6BrFN4O2. The number of hydrogen-bond donors (Lipinski definition) is 1. The van der Waals surface area contributed by atoms with Crippen molar-refractivity contribution < 1.29 is 9.31 Å². The summed E-state index contributed by atoms with van der Waals surface area (Å²) >= 11 is 2.95. The highest BCUT2D eigenvalue weighted by molar-refractivity contribution is 9.10. The molecule has 17 heavy (non-hydrogen) atoms. The van der Waals surface area contributed by atoms with Crippen LogP contribution in [0.15, 0.2) is 29.0 Å². The largest absolute Gasteiger partial charge is 0.393 e. The molecule has 0 aliphatic rings. The lowest BCUT2D eigenvalue weighted by Crippen LogP contribution is -2.07. The SMILES string of the molecule is Nc1cc(Br)c(F)c(-n2cccn2)c1[N+](=O)[O-]. The summed E-state index contributed by atoms with van der Waals surface area (Å²) in [5.74, 6) is -0.783. The van der Waals surface area contributed by atoms with Gasteiger partial charge in [0, 0.05) is 12.4 Å². The van der Waals surface area contributed by atoms with Crippen LogP contribution in [0.4, 0.5) is 15.8 Å². The van der Waals surface area contributed by atoms with Crippen molar-refractivity contribution in [3.63, 3.8) is 0 Å². The lowest BCUT2D eigenvalue weighted by atomic mass is 10.2.